The lowest BCUT2D eigenvalue weighted by atomic mass is 9.78. The molecule has 22 heavy (non-hydrogen) atoms. The Morgan fingerprint density at radius 1 is 1.50 bits per heavy atom. The number of fused-ring (bicyclic) bond motifs is 1. The molecule has 6 nitrogen and oxygen atoms in total. The van der Waals surface area contributed by atoms with E-state index >= 15 is 0 Å². The number of Topliss-reactive ketones (excluding diaryl/α,β-unsaturated/α-hetero) is 1. The van der Waals surface area contributed by atoms with Gasteiger partial charge in [0.05, 0.1) is 23.8 Å². The highest BCUT2D eigenvalue weighted by molar-refractivity contribution is 7.17. The van der Waals surface area contributed by atoms with Crippen molar-refractivity contribution in [3.05, 3.63) is 10.6 Å². The summed E-state index contributed by atoms with van der Waals surface area (Å²) in [4.78, 5) is 29.4. The molecule has 1 fully saturated rings. The molecule has 2 aliphatic rings. The number of anilines is 1. The minimum atomic E-state index is -0.0965. The molecule has 1 amide bonds. The van der Waals surface area contributed by atoms with E-state index in [1.54, 1.807) is 0 Å². The summed E-state index contributed by atoms with van der Waals surface area (Å²) in [6.45, 7) is 6.15. The maximum Gasteiger partial charge on any atom is 0.227 e. The minimum absolute atomic E-state index is 0.0453. The highest BCUT2D eigenvalue weighted by Crippen LogP contribution is 2.38. The SMILES string of the molecule is CC1(C)CC(=O)c2sc(NC(=O)CC3COCCN3)nc2C1. The Labute approximate surface area is 133 Å². The summed E-state index contributed by atoms with van der Waals surface area (Å²) in [5.74, 6) is 0.0346. The maximum absolute atomic E-state index is 12.1. The number of hydrogen-bond acceptors (Lipinski definition) is 6. The van der Waals surface area contributed by atoms with Crippen molar-refractivity contribution in [2.24, 2.45) is 5.41 Å². The first-order chi connectivity index (χ1) is 10.4. The van der Waals surface area contributed by atoms with Crippen LogP contribution in [0.3, 0.4) is 0 Å². The van der Waals surface area contributed by atoms with Crippen molar-refractivity contribution in [2.45, 2.75) is 39.2 Å². The number of amides is 1. The summed E-state index contributed by atoms with van der Waals surface area (Å²) >= 11 is 1.29. The number of ether oxygens (including phenoxy) is 1. The molecule has 1 unspecified atom stereocenters. The Hall–Kier alpha value is -1.31. The van der Waals surface area contributed by atoms with E-state index in [2.05, 4.69) is 29.5 Å². The van der Waals surface area contributed by atoms with Gasteiger partial charge in [-0.15, -0.1) is 0 Å². The van der Waals surface area contributed by atoms with Crippen molar-refractivity contribution in [1.29, 1.82) is 0 Å². The van der Waals surface area contributed by atoms with Crippen molar-refractivity contribution in [3.63, 3.8) is 0 Å². The van der Waals surface area contributed by atoms with Gasteiger partial charge in [-0.2, -0.15) is 0 Å². The van der Waals surface area contributed by atoms with E-state index in [0.29, 0.717) is 36.1 Å². The lowest BCUT2D eigenvalue weighted by Crippen LogP contribution is -2.43. The van der Waals surface area contributed by atoms with Gasteiger partial charge in [0, 0.05) is 25.4 Å². The summed E-state index contributed by atoms with van der Waals surface area (Å²) < 4.78 is 5.34. The Morgan fingerprint density at radius 3 is 3.05 bits per heavy atom. The third-order valence-corrected chi connectivity index (χ3v) is 4.97. The predicted octanol–water partition coefficient (Wildman–Crippen LogP) is 1.62. The number of thiazole rings is 1. The van der Waals surface area contributed by atoms with Gasteiger partial charge < -0.3 is 15.4 Å². The smallest absolute Gasteiger partial charge is 0.227 e. The van der Waals surface area contributed by atoms with Crippen LogP contribution in [-0.4, -0.2) is 42.5 Å². The van der Waals surface area contributed by atoms with Gasteiger partial charge in [0.2, 0.25) is 5.91 Å². The monoisotopic (exact) mass is 323 g/mol. The molecule has 0 spiro atoms. The number of ketones is 1. The van der Waals surface area contributed by atoms with Crippen LogP contribution in [-0.2, 0) is 16.0 Å². The summed E-state index contributed by atoms with van der Waals surface area (Å²) in [5, 5.41) is 6.59. The molecule has 0 saturated carbocycles. The number of nitrogens with one attached hydrogen (secondary N) is 2. The molecular weight excluding hydrogens is 302 g/mol. The van der Waals surface area contributed by atoms with Crippen molar-refractivity contribution in [2.75, 3.05) is 25.1 Å². The second-order valence-electron chi connectivity index (χ2n) is 6.71. The molecule has 3 rings (SSSR count). The van der Waals surface area contributed by atoms with Crippen LogP contribution >= 0.6 is 11.3 Å². The number of nitrogens with zero attached hydrogens (tertiary/aromatic N) is 1. The van der Waals surface area contributed by atoms with Crippen molar-refractivity contribution in [1.82, 2.24) is 10.3 Å². The average molecular weight is 323 g/mol. The summed E-state index contributed by atoms with van der Waals surface area (Å²) in [6, 6.07) is 0.0453. The minimum Gasteiger partial charge on any atom is -0.378 e. The van der Waals surface area contributed by atoms with Crippen molar-refractivity contribution < 1.29 is 14.3 Å². The largest absolute Gasteiger partial charge is 0.378 e. The van der Waals surface area contributed by atoms with Gasteiger partial charge in [-0.25, -0.2) is 4.98 Å². The molecule has 7 heteroatoms. The lowest BCUT2D eigenvalue weighted by Gasteiger charge is -2.26. The molecule has 1 aromatic rings. The second kappa shape index (κ2) is 6.06. The van der Waals surface area contributed by atoms with E-state index in [-0.39, 0.29) is 23.1 Å². The van der Waals surface area contributed by atoms with Crippen LogP contribution in [0.25, 0.3) is 0 Å². The van der Waals surface area contributed by atoms with Gasteiger partial charge in [-0.3, -0.25) is 9.59 Å². The number of hydrogen-bond donors (Lipinski definition) is 2. The predicted molar refractivity (Wildman–Crippen MR) is 84.4 cm³/mol. The van der Waals surface area contributed by atoms with Crippen LogP contribution in [0.15, 0.2) is 0 Å². The van der Waals surface area contributed by atoms with Gasteiger partial charge in [0.15, 0.2) is 10.9 Å². The number of morpholine rings is 1. The van der Waals surface area contributed by atoms with Crippen LogP contribution in [0.1, 0.15) is 42.1 Å². The molecule has 1 aliphatic heterocycles. The van der Waals surface area contributed by atoms with Crippen LogP contribution in [0.2, 0.25) is 0 Å². The summed E-state index contributed by atoms with van der Waals surface area (Å²) in [7, 11) is 0. The van der Waals surface area contributed by atoms with E-state index in [1.165, 1.54) is 11.3 Å². The Kier molecular flexibility index (Phi) is 4.29. The topological polar surface area (TPSA) is 80.3 Å². The van der Waals surface area contributed by atoms with Crippen LogP contribution in [0.4, 0.5) is 5.13 Å². The molecule has 0 radical (unpaired) electrons. The van der Waals surface area contributed by atoms with Crippen molar-refractivity contribution in [3.8, 4) is 0 Å². The highest BCUT2D eigenvalue weighted by Gasteiger charge is 2.34. The Balaban J connectivity index is 1.64. The molecule has 0 aromatic carbocycles. The standard InChI is InChI=1S/C15H21N3O3S/c1-15(2)6-10-13(11(19)7-15)22-14(17-10)18-12(20)5-9-8-21-4-3-16-9/h9,16H,3-8H2,1-2H3,(H,17,18,20). The third-order valence-electron chi connectivity index (χ3n) is 3.91. The highest BCUT2D eigenvalue weighted by atomic mass is 32.1. The normalized spacial score (nSPS) is 23.9. The number of rotatable bonds is 3. The fourth-order valence-electron chi connectivity index (χ4n) is 2.92. The number of carbonyl (C=O) groups excluding carboxylic acids is 2. The molecule has 0 bridgehead atoms. The number of aromatic nitrogens is 1. The van der Waals surface area contributed by atoms with E-state index < -0.39 is 0 Å². The van der Waals surface area contributed by atoms with E-state index in [0.717, 1.165) is 18.7 Å². The average Bonchev–Trinajstić information content (AvgIpc) is 2.80. The van der Waals surface area contributed by atoms with Crippen LogP contribution in [0, 0.1) is 5.41 Å². The molecule has 1 aliphatic carbocycles. The second-order valence-corrected chi connectivity index (χ2v) is 7.71. The van der Waals surface area contributed by atoms with Crippen molar-refractivity contribution >= 4 is 28.2 Å². The Morgan fingerprint density at radius 2 is 2.32 bits per heavy atom. The summed E-state index contributed by atoms with van der Waals surface area (Å²) in [5.41, 5.74) is 0.767. The number of carbonyl (C=O) groups is 2. The third kappa shape index (κ3) is 3.53. The lowest BCUT2D eigenvalue weighted by molar-refractivity contribution is -0.117. The first-order valence-corrected chi connectivity index (χ1v) is 8.38. The van der Waals surface area contributed by atoms with E-state index in [4.69, 9.17) is 4.74 Å². The van der Waals surface area contributed by atoms with E-state index in [9.17, 15) is 9.59 Å². The quantitative estimate of drug-likeness (QED) is 0.883. The first kappa shape index (κ1) is 15.6. The molecule has 1 atom stereocenters. The Bertz CT molecular complexity index is 591. The molecule has 1 saturated heterocycles. The van der Waals surface area contributed by atoms with Crippen LogP contribution in [0.5, 0.6) is 0 Å². The zero-order valence-electron chi connectivity index (χ0n) is 12.9. The molecule has 120 valence electrons. The molecular formula is C15H21N3O3S. The van der Waals surface area contributed by atoms with Gasteiger partial charge in [0.25, 0.3) is 0 Å². The summed E-state index contributed by atoms with van der Waals surface area (Å²) in [6.07, 6.45) is 1.67. The molecule has 2 N–H and O–H groups in total. The van der Waals surface area contributed by atoms with Gasteiger partial charge in [-0.1, -0.05) is 25.2 Å². The van der Waals surface area contributed by atoms with E-state index in [1.807, 2.05) is 0 Å². The zero-order chi connectivity index (χ0) is 15.7. The molecule has 1 aromatic heterocycles. The maximum atomic E-state index is 12.1. The van der Waals surface area contributed by atoms with Gasteiger partial charge >= 0.3 is 0 Å². The van der Waals surface area contributed by atoms with Gasteiger partial charge in [0.1, 0.15) is 0 Å². The van der Waals surface area contributed by atoms with Gasteiger partial charge in [-0.05, 0) is 11.8 Å². The fourth-order valence-corrected chi connectivity index (χ4v) is 3.85. The van der Waals surface area contributed by atoms with Crippen LogP contribution < -0.4 is 10.6 Å². The molecule has 2 heterocycles. The first-order valence-electron chi connectivity index (χ1n) is 7.57. The zero-order valence-corrected chi connectivity index (χ0v) is 13.7. The fraction of sp³-hybridized carbons (Fsp3) is 0.667.